The molecule has 14 nitrogen and oxygen atoms in total. The fourth-order valence-electron chi connectivity index (χ4n) is 7.17. The van der Waals surface area contributed by atoms with Crippen molar-refractivity contribution in [3.8, 4) is 33.6 Å². The highest BCUT2D eigenvalue weighted by molar-refractivity contribution is 5.88. The zero-order chi connectivity index (χ0) is 40.3. The second-order valence-corrected chi connectivity index (χ2v) is 15.7. The van der Waals surface area contributed by atoms with Gasteiger partial charge in [-0.2, -0.15) is 0 Å². The predicted octanol–water partition coefficient (Wildman–Crippen LogP) is 5.83. The van der Waals surface area contributed by atoms with Crippen molar-refractivity contribution in [1.82, 2.24) is 50.2 Å². The maximum absolute atomic E-state index is 13.7. The van der Waals surface area contributed by atoms with Gasteiger partial charge >= 0.3 is 12.1 Å². The predicted molar refractivity (Wildman–Crippen MR) is 216 cm³/mol. The van der Waals surface area contributed by atoms with Crippen LogP contribution in [0.2, 0.25) is 0 Å². The van der Waals surface area contributed by atoms with E-state index in [4.69, 9.17) is 9.97 Å². The van der Waals surface area contributed by atoms with Crippen LogP contribution in [0.1, 0.15) is 64.3 Å². The maximum Gasteiger partial charge on any atom is 0.317 e. The molecule has 4 N–H and O–H groups in total. The van der Waals surface area contributed by atoms with Gasteiger partial charge in [-0.15, -0.1) is 0 Å². The highest BCUT2D eigenvalue weighted by Gasteiger charge is 2.38. The number of benzene rings is 2. The van der Waals surface area contributed by atoms with Crippen molar-refractivity contribution in [2.75, 3.05) is 41.3 Å². The third-order valence-electron chi connectivity index (χ3n) is 10.5. The van der Waals surface area contributed by atoms with Crippen molar-refractivity contribution >= 4 is 23.9 Å². The molecule has 2 aromatic heterocycles. The lowest BCUT2D eigenvalue weighted by molar-refractivity contribution is -0.136. The van der Waals surface area contributed by atoms with E-state index in [0.717, 1.165) is 52.3 Å². The van der Waals surface area contributed by atoms with E-state index in [2.05, 4.69) is 44.9 Å². The molecule has 2 aromatic carbocycles. The average molecular weight is 763 g/mol. The van der Waals surface area contributed by atoms with Crippen LogP contribution in [0.3, 0.4) is 0 Å². The third kappa shape index (κ3) is 8.48. The molecule has 0 bridgehead atoms. The zero-order valence-electron chi connectivity index (χ0n) is 33.5. The lowest BCUT2D eigenvalue weighted by atomic mass is 10.0. The van der Waals surface area contributed by atoms with Crippen LogP contribution in [0.4, 0.5) is 9.59 Å². The largest absolute Gasteiger partial charge is 0.346 e. The first-order chi connectivity index (χ1) is 26.7. The fraction of sp³-hybridized carbons (Fsp3) is 0.429. The van der Waals surface area contributed by atoms with Crippen molar-refractivity contribution < 1.29 is 19.2 Å². The number of imidazole rings is 2. The number of carbonyl (C=O) groups is 4. The molecule has 1 fully saturated rings. The minimum Gasteiger partial charge on any atom is -0.346 e. The number of hydrogen-bond donors (Lipinski definition) is 4. The number of nitrogens with one attached hydrogen (secondary N) is 4. The number of hydrogen-bond acceptors (Lipinski definition) is 6. The molecule has 0 saturated carbocycles. The highest BCUT2D eigenvalue weighted by Crippen LogP contribution is 2.34. The molecule has 6 amide bonds. The molecule has 0 aliphatic carbocycles. The van der Waals surface area contributed by atoms with Crippen LogP contribution in [0, 0.1) is 11.8 Å². The minimum absolute atomic E-state index is 0.0637. The van der Waals surface area contributed by atoms with Crippen molar-refractivity contribution in [1.29, 1.82) is 0 Å². The summed E-state index contributed by atoms with van der Waals surface area (Å²) in [5.74, 6) is 1.00. The van der Waals surface area contributed by atoms with Gasteiger partial charge < -0.3 is 40.2 Å². The monoisotopic (exact) mass is 762 g/mol. The normalized spacial score (nSPS) is 17.7. The quantitative estimate of drug-likeness (QED) is 0.141. The SMILES string of the molecule is CC(C)C(NC(=O)N(C)C)C(=O)N1CC=C[C@H]1c1nc(-c2ccc(-c3ccc(-c4c[nH]c([C@@H]5CCCN5C(=O)[C@@H](NC(=O)N(C)C)C(C)C)n4)cc3)cc2)c[nH]1. The van der Waals surface area contributed by atoms with Gasteiger partial charge in [0.2, 0.25) is 11.8 Å². The van der Waals surface area contributed by atoms with Crippen LogP contribution < -0.4 is 10.6 Å². The molecule has 1 saturated heterocycles. The second-order valence-electron chi connectivity index (χ2n) is 15.7. The summed E-state index contributed by atoms with van der Waals surface area (Å²) in [6, 6.07) is 14.0. The zero-order valence-corrected chi connectivity index (χ0v) is 33.5. The van der Waals surface area contributed by atoms with Crippen LogP contribution in [-0.2, 0) is 9.59 Å². The third-order valence-corrected chi connectivity index (χ3v) is 10.5. The Morgan fingerprint density at radius 1 is 0.679 bits per heavy atom. The van der Waals surface area contributed by atoms with E-state index in [1.807, 2.05) is 81.4 Å². The Kier molecular flexibility index (Phi) is 12.0. The molecule has 4 atom stereocenters. The van der Waals surface area contributed by atoms with E-state index in [1.54, 1.807) is 33.1 Å². The first-order valence-electron chi connectivity index (χ1n) is 19.3. The molecule has 6 rings (SSSR count). The van der Waals surface area contributed by atoms with Crippen LogP contribution >= 0.6 is 0 Å². The fourth-order valence-corrected chi connectivity index (χ4v) is 7.17. The molecule has 4 aromatic rings. The van der Waals surface area contributed by atoms with Gasteiger partial charge in [-0.1, -0.05) is 88.4 Å². The van der Waals surface area contributed by atoms with Crippen LogP contribution in [0.25, 0.3) is 33.6 Å². The summed E-state index contributed by atoms with van der Waals surface area (Å²) in [7, 11) is 6.63. The van der Waals surface area contributed by atoms with Gasteiger partial charge in [-0.05, 0) is 35.8 Å². The number of nitrogens with zero attached hydrogens (tertiary/aromatic N) is 6. The van der Waals surface area contributed by atoms with E-state index in [1.165, 1.54) is 9.80 Å². The van der Waals surface area contributed by atoms with Crippen molar-refractivity contribution in [2.45, 2.75) is 64.7 Å². The standard InChI is InChI=1S/C42H54N10O4/c1-25(2)35(47-41(55)49(5)6)39(53)51-21-9-11-33(51)37-43-23-31(45-37)29-17-13-27(14-18-29)28-15-19-30(20-16-28)32-24-44-38(46-32)34-12-10-22-52(34)40(54)36(26(3)4)48-42(56)50(7)8/h9,11,13-20,23-26,33-36H,10,12,21-22H2,1-8H3,(H,43,45)(H,44,46)(H,47,55)(H,48,56)/t33-,34-,35?,36-/m0/s1. The summed E-state index contributed by atoms with van der Waals surface area (Å²) in [6.45, 7) is 8.78. The lowest BCUT2D eigenvalue weighted by Gasteiger charge is -2.31. The molecular formula is C42H54N10O4. The Labute approximate surface area is 328 Å². The van der Waals surface area contributed by atoms with Crippen LogP contribution in [0.5, 0.6) is 0 Å². The van der Waals surface area contributed by atoms with Crippen molar-refractivity contribution in [3.63, 3.8) is 0 Å². The van der Waals surface area contributed by atoms with Gasteiger partial charge in [0.15, 0.2) is 0 Å². The number of aromatic nitrogens is 4. The molecule has 2 aliphatic heterocycles. The second kappa shape index (κ2) is 16.8. The summed E-state index contributed by atoms with van der Waals surface area (Å²) in [5, 5.41) is 5.75. The Balaban J connectivity index is 1.10. The first kappa shape index (κ1) is 39.8. The molecule has 296 valence electrons. The van der Waals surface area contributed by atoms with Crippen molar-refractivity contribution in [2.24, 2.45) is 11.8 Å². The maximum atomic E-state index is 13.7. The van der Waals surface area contributed by atoms with Gasteiger partial charge in [-0.3, -0.25) is 9.59 Å². The molecule has 0 spiro atoms. The Bertz CT molecular complexity index is 2050. The minimum atomic E-state index is -0.659. The van der Waals surface area contributed by atoms with Gasteiger partial charge in [0.05, 0.1) is 17.4 Å². The Morgan fingerprint density at radius 2 is 1.12 bits per heavy atom. The molecular weight excluding hydrogens is 709 g/mol. The highest BCUT2D eigenvalue weighted by atomic mass is 16.2. The van der Waals surface area contributed by atoms with E-state index in [9.17, 15) is 19.2 Å². The van der Waals surface area contributed by atoms with Crippen LogP contribution in [-0.4, -0.2) is 117 Å². The van der Waals surface area contributed by atoms with Gasteiger partial charge in [0.1, 0.15) is 29.8 Å². The van der Waals surface area contributed by atoms with Crippen molar-refractivity contribution in [3.05, 3.63) is 84.7 Å². The van der Waals surface area contributed by atoms with Gasteiger partial charge in [-0.25, -0.2) is 19.6 Å². The summed E-state index contributed by atoms with van der Waals surface area (Å²) in [4.78, 5) is 74.9. The number of rotatable bonds is 11. The molecule has 56 heavy (non-hydrogen) atoms. The molecule has 14 heteroatoms. The Hall–Kier alpha value is -5.92. The summed E-state index contributed by atoms with van der Waals surface area (Å²) < 4.78 is 0. The molecule has 2 aliphatic rings. The molecule has 0 radical (unpaired) electrons. The summed E-state index contributed by atoms with van der Waals surface area (Å²) >= 11 is 0. The molecule has 1 unspecified atom stereocenters. The van der Waals surface area contributed by atoms with E-state index in [-0.39, 0.29) is 47.8 Å². The number of urea groups is 2. The number of amides is 6. The van der Waals surface area contributed by atoms with E-state index < -0.39 is 12.1 Å². The number of carbonyl (C=O) groups excluding carboxylic acids is 4. The summed E-state index contributed by atoms with van der Waals surface area (Å²) in [6.07, 6.45) is 9.31. The van der Waals surface area contributed by atoms with E-state index >= 15 is 0 Å². The lowest BCUT2D eigenvalue weighted by Crippen LogP contribution is -2.53. The number of H-pyrrole nitrogens is 2. The average Bonchev–Trinajstić information content (AvgIpc) is 4.02. The first-order valence-corrected chi connectivity index (χ1v) is 19.3. The Morgan fingerprint density at radius 3 is 1.61 bits per heavy atom. The van der Waals surface area contributed by atoms with Gasteiger partial charge in [0, 0.05) is 64.8 Å². The molecule has 4 heterocycles. The van der Waals surface area contributed by atoms with Crippen LogP contribution in [0.15, 0.2) is 73.1 Å². The van der Waals surface area contributed by atoms with E-state index in [0.29, 0.717) is 18.9 Å². The number of likely N-dealkylation sites (tertiary alicyclic amines) is 1. The summed E-state index contributed by atoms with van der Waals surface area (Å²) in [5.41, 5.74) is 5.57. The van der Waals surface area contributed by atoms with Gasteiger partial charge in [0.25, 0.3) is 0 Å². The number of aromatic amines is 2. The smallest absolute Gasteiger partial charge is 0.317 e. The topological polar surface area (TPSA) is 163 Å².